The van der Waals surface area contributed by atoms with Gasteiger partial charge in [-0.2, -0.15) is 4.98 Å². The Hall–Kier alpha value is -1.79. The fourth-order valence-electron chi connectivity index (χ4n) is 3.18. The molecule has 2 aromatic rings. The molecule has 0 aliphatic carbocycles. The first-order chi connectivity index (χ1) is 10.3. The quantitative estimate of drug-likeness (QED) is 0.898. The van der Waals surface area contributed by atoms with Gasteiger partial charge in [0, 0.05) is 24.9 Å². The van der Waals surface area contributed by atoms with Gasteiger partial charge in [-0.1, -0.05) is 0 Å². The largest absolute Gasteiger partial charge is 0.472 e. The lowest BCUT2D eigenvalue weighted by Crippen LogP contribution is -2.41. The van der Waals surface area contributed by atoms with Crippen molar-refractivity contribution < 1.29 is 9.47 Å². The third-order valence-electron chi connectivity index (χ3n) is 4.28. The molecule has 2 aliphatic rings. The van der Waals surface area contributed by atoms with Crippen molar-refractivity contribution in [3.63, 3.8) is 0 Å². The lowest BCUT2D eigenvalue weighted by Gasteiger charge is -2.32. The highest BCUT2D eigenvalue weighted by Crippen LogP contribution is 2.35. The van der Waals surface area contributed by atoms with Gasteiger partial charge >= 0.3 is 0 Å². The molecular formula is C15H18N4O2. The van der Waals surface area contributed by atoms with E-state index in [4.69, 9.17) is 9.47 Å². The average Bonchev–Trinajstić information content (AvgIpc) is 2.90. The summed E-state index contributed by atoms with van der Waals surface area (Å²) in [6.45, 7) is 2.69. The predicted molar refractivity (Wildman–Crippen MR) is 77.2 cm³/mol. The van der Waals surface area contributed by atoms with Gasteiger partial charge < -0.3 is 14.8 Å². The van der Waals surface area contributed by atoms with Crippen LogP contribution in [-0.4, -0.2) is 46.4 Å². The Labute approximate surface area is 122 Å². The van der Waals surface area contributed by atoms with Crippen LogP contribution in [0, 0.1) is 0 Å². The Balaban J connectivity index is 1.48. The molecule has 2 aromatic heterocycles. The topological polar surface area (TPSA) is 69.2 Å². The summed E-state index contributed by atoms with van der Waals surface area (Å²) in [5, 5.41) is 3.37. The van der Waals surface area contributed by atoms with Crippen LogP contribution in [0.2, 0.25) is 0 Å². The molecule has 4 heterocycles. The number of hydrogen-bond donors (Lipinski definition) is 1. The van der Waals surface area contributed by atoms with Crippen LogP contribution in [0.25, 0.3) is 11.2 Å². The van der Waals surface area contributed by atoms with Crippen molar-refractivity contribution in [3.05, 3.63) is 24.5 Å². The molecule has 110 valence electrons. The minimum Gasteiger partial charge on any atom is -0.472 e. The van der Waals surface area contributed by atoms with Crippen LogP contribution in [-0.2, 0) is 4.74 Å². The van der Waals surface area contributed by atoms with Gasteiger partial charge in [-0.15, -0.1) is 0 Å². The maximum Gasteiger partial charge on any atom is 0.215 e. The highest BCUT2D eigenvalue weighted by molar-refractivity contribution is 5.69. The van der Waals surface area contributed by atoms with E-state index in [0.717, 1.165) is 37.9 Å². The normalized spacial score (nSPS) is 24.5. The second kappa shape index (κ2) is 5.20. The van der Waals surface area contributed by atoms with Crippen molar-refractivity contribution in [2.45, 2.75) is 31.0 Å². The molecule has 6 heteroatoms. The van der Waals surface area contributed by atoms with Crippen molar-refractivity contribution in [2.75, 3.05) is 19.7 Å². The number of ether oxygens (including phenoxy) is 2. The number of nitrogens with one attached hydrogen (secondary N) is 1. The highest BCUT2D eigenvalue weighted by atomic mass is 16.6. The van der Waals surface area contributed by atoms with Gasteiger partial charge in [-0.05, 0) is 32.0 Å². The minimum atomic E-state index is 0.00652. The number of piperidine rings is 1. The Morgan fingerprint density at radius 2 is 2.05 bits per heavy atom. The van der Waals surface area contributed by atoms with E-state index in [2.05, 4.69) is 20.3 Å². The lowest BCUT2D eigenvalue weighted by atomic mass is 9.89. The van der Waals surface area contributed by atoms with Crippen LogP contribution in [0.1, 0.15) is 19.3 Å². The van der Waals surface area contributed by atoms with E-state index in [-0.39, 0.29) is 11.7 Å². The molecule has 0 amide bonds. The van der Waals surface area contributed by atoms with Gasteiger partial charge in [0.2, 0.25) is 5.88 Å². The summed E-state index contributed by atoms with van der Waals surface area (Å²) in [5.74, 6) is 0.600. The fourth-order valence-corrected chi connectivity index (χ4v) is 3.18. The zero-order chi connectivity index (χ0) is 14.1. The van der Waals surface area contributed by atoms with Crippen LogP contribution in [0.15, 0.2) is 24.5 Å². The van der Waals surface area contributed by atoms with Crippen molar-refractivity contribution >= 4 is 11.2 Å². The summed E-state index contributed by atoms with van der Waals surface area (Å²) in [4.78, 5) is 12.8. The number of aromatic nitrogens is 3. The first-order valence-electron chi connectivity index (χ1n) is 7.42. The molecule has 4 rings (SSSR count). The van der Waals surface area contributed by atoms with Gasteiger partial charge in [0.25, 0.3) is 0 Å². The van der Waals surface area contributed by atoms with Gasteiger partial charge in [0.15, 0.2) is 5.65 Å². The smallest absolute Gasteiger partial charge is 0.215 e. The molecule has 2 saturated heterocycles. The van der Waals surface area contributed by atoms with Gasteiger partial charge in [0.1, 0.15) is 11.6 Å². The first-order valence-corrected chi connectivity index (χ1v) is 7.42. The van der Waals surface area contributed by atoms with Crippen molar-refractivity contribution in [2.24, 2.45) is 0 Å². The second-order valence-electron chi connectivity index (χ2n) is 5.74. The van der Waals surface area contributed by atoms with E-state index in [1.807, 2.05) is 12.1 Å². The van der Waals surface area contributed by atoms with E-state index >= 15 is 0 Å². The molecule has 0 bridgehead atoms. The van der Waals surface area contributed by atoms with E-state index in [9.17, 15) is 0 Å². The summed E-state index contributed by atoms with van der Waals surface area (Å²) in [6, 6.07) is 3.74. The van der Waals surface area contributed by atoms with Crippen LogP contribution in [0.3, 0.4) is 0 Å². The van der Waals surface area contributed by atoms with Gasteiger partial charge in [-0.3, -0.25) is 4.98 Å². The average molecular weight is 286 g/mol. The van der Waals surface area contributed by atoms with Gasteiger partial charge in [-0.25, -0.2) is 4.98 Å². The Bertz CT molecular complexity index is 642. The standard InChI is InChI=1S/C15H18N4O2/c1-2-13(19-14-12(1)17-7-8-18-14)21-11-9-15(20-10-11)3-5-16-6-4-15/h1-2,7-8,11,16H,3-6,9-10H2. The number of fused-ring (bicyclic) bond motifs is 1. The maximum absolute atomic E-state index is 6.03. The van der Waals surface area contributed by atoms with Crippen molar-refractivity contribution in [3.8, 4) is 5.88 Å². The van der Waals surface area contributed by atoms with Crippen LogP contribution < -0.4 is 10.1 Å². The molecule has 0 saturated carbocycles. The molecule has 1 atom stereocenters. The van der Waals surface area contributed by atoms with Crippen LogP contribution in [0.5, 0.6) is 5.88 Å². The Morgan fingerprint density at radius 3 is 2.95 bits per heavy atom. The minimum absolute atomic E-state index is 0.00652. The summed E-state index contributed by atoms with van der Waals surface area (Å²) < 4.78 is 12.0. The van der Waals surface area contributed by atoms with Crippen LogP contribution in [0.4, 0.5) is 0 Å². The van der Waals surface area contributed by atoms with E-state index < -0.39 is 0 Å². The summed E-state index contributed by atoms with van der Waals surface area (Å²) >= 11 is 0. The van der Waals surface area contributed by atoms with Gasteiger partial charge in [0.05, 0.1) is 12.2 Å². The van der Waals surface area contributed by atoms with E-state index in [0.29, 0.717) is 18.1 Å². The zero-order valence-corrected chi connectivity index (χ0v) is 11.8. The molecular weight excluding hydrogens is 268 g/mol. The SMILES string of the molecule is c1cnc2nc(OC3COC4(CCNCC4)C3)ccc2n1. The Morgan fingerprint density at radius 1 is 1.19 bits per heavy atom. The predicted octanol–water partition coefficient (Wildman–Crippen LogP) is 1.31. The molecule has 0 radical (unpaired) electrons. The molecule has 21 heavy (non-hydrogen) atoms. The second-order valence-corrected chi connectivity index (χ2v) is 5.74. The van der Waals surface area contributed by atoms with E-state index in [1.54, 1.807) is 12.4 Å². The molecule has 2 fully saturated rings. The van der Waals surface area contributed by atoms with Crippen molar-refractivity contribution in [1.82, 2.24) is 20.3 Å². The molecule has 1 unspecified atom stereocenters. The molecule has 0 aromatic carbocycles. The maximum atomic E-state index is 6.03. The van der Waals surface area contributed by atoms with Crippen molar-refractivity contribution in [1.29, 1.82) is 0 Å². The fraction of sp³-hybridized carbons (Fsp3) is 0.533. The highest BCUT2D eigenvalue weighted by Gasteiger charge is 2.42. The molecule has 1 spiro atoms. The number of nitrogens with zero attached hydrogens (tertiary/aromatic N) is 3. The number of hydrogen-bond acceptors (Lipinski definition) is 6. The van der Waals surface area contributed by atoms with Crippen LogP contribution >= 0.6 is 0 Å². The lowest BCUT2D eigenvalue weighted by molar-refractivity contribution is -0.0205. The monoisotopic (exact) mass is 286 g/mol. The third-order valence-corrected chi connectivity index (χ3v) is 4.28. The molecule has 1 N–H and O–H groups in total. The first kappa shape index (κ1) is 12.9. The number of pyridine rings is 1. The molecule has 2 aliphatic heterocycles. The summed E-state index contributed by atoms with van der Waals surface area (Å²) in [7, 11) is 0. The summed E-state index contributed by atoms with van der Waals surface area (Å²) in [6.07, 6.45) is 6.43. The summed E-state index contributed by atoms with van der Waals surface area (Å²) in [5.41, 5.74) is 1.40. The van der Waals surface area contributed by atoms with E-state index in [1.165, 1.54) is 0 Å². The third kappa shape index (κ3) is 2.56. The Kier molecular flexibility index (Phi) is 3.20. The zero-order valence-electron chi connectivity index (χ0n) is 11.8. The number of rotatable bonds is 2. The molecule has 6 nitrogen and oxygen atoms in total.